The molecule has 0 radical (unpaired) electrons. The molecule has 4 heterocycles. The molecule has 0 N–H and O–H groups in total. The van der Waals surface area contributed by atoms with E-state index in [4.69, 9.17) is 14.7 Å². The third kappa shape index (κ3) is 2.77. The molecule has 28 heavy (non-hydrogen) atoms. The third-order valence-corrected chi connectivity index (χ3v) is 5.29. The first-order valence-corrected chi connectivity index (χ1v) is 9.87. The number of benzene rings is 1. The van der Waals surface area contributed by atoms with Crippen LogP contribution in [0.25, 0.3) is 33.2 Å². The highest BCUT2D eigenvalue weighted by atomic mass is 16.5. The molecule has 144 valence electrons. The predicted octanol–water partition coefficient (Wildman–Crippen LogP) is 3.13. The Balaban J connectivity index is 1.79. The molecule has 1 fully saturated rings. The lowest BCUT2D eigenvalue weighted by Crippen LogP contribution is -2.26. The summed E-state index contributed by atoms with van der Waals surface area (Å²) in [6, 6.07) is 7.76. The normalized spacial score (nSPS) is 17.5. The molecule has 1 saturated heterocycles. The van der Waals surface area contributed by atoms with Gasteiger partial charge in [-0.05, 0) is 30.9 Å². The molecule has 5 rings (SSSR count). The Kier molecular flexibility index (Phi) is 4.12. The largest absolute Gasteiger partial charge is 0.376 e. The number of rotatable bonds is 4. The zero-order valence-corrected chi connectivity index (χ0v) is 16.1. The Labute approximate surface area is 162 Å². The molecule has 0 spiro atoms. The molecular weight excluding hydrogens is 354 g/mol. The molecular formula is C21H23N5O2. The van der Waals surface area contributed by atoms with Crippen molar-refractivity contribution in [3.8, 4) is 0 Å². The second kappa shape index (κ2) is 6.67. The summed E-state index contributed by atoms with van der Waals surface area (Å²) < 4.78 is 9.40. The van der Waals surface area contributed by atoms with E-state index in [0.29, 0.717) is 29.0 Å². The minimum atomic E-state index is -0.0717. The lowest BCUT2D eigenvalue weighted by Gasteiger charge is -2.12. The average Bonchev–Trinajstić information content (AvgIpc) is 3.29. The van der Waals surface area contributed by atoms with E-state index in [1.165, 1.54) is 0 Å². The zero-order valence-electron chi connectivity index (χ0n) is 16.1. The van der Waals surface area contributed by atoms with Crippen LogP contribution in [-0.4, -0.2) is 36.8 Å². The fourth-order valence-electron chi connectivity index (χ4n) is 4.02. The number of nitrogens with zero attached hydrogens (tertiary/aromatic N) is 5. The maximum Gasteiger partial charge on any atom is 0.265 e. The Morgan fingerprint density at radius 2 is 1.96 bits per heavy atom. The number of para-hydroxylation sites is 2. The Morgan fingerprint density at radius 3 is 2.68 bits per heavy atom. The summed E-state index contributed by atoms with van der Waals surface area (Å²) >= 11 is 0. The van der Waals surface area contributed by atoms with Gasteiger partial charge in [0.25, 0.3) is 5.56 Å². The van der Waals surface area contributed by atoms with Crippen molar-refractivity contribution in [2.75, 3.05) is 6.61 Å². The van der Waals surface area contributed by atoms with Crippen molar-refractivity contribution < 1.29 is 4.74 Å². The molecule has 7 nitrogen and oxygen atoms in total. The molecule has 1 aromatic carbocycles. The molecule has 1 aliphatic rings. The average molecular weight is 377 g/mol. The van der Waals surface area contributed by atoms with Crippen LogP contribution in [0.4, 0.5) is 0 Å². The SMILES string of the molecule is CC(C)Cn1c2nc3ccccc3nc2c2c(=O)n(CC3CCCO3)cnc21. The van der Waals surface area contributed by atoms with Gasteiger partial charge in [0.1, 0.15) is 10.9 Å². The highest BCUT2D eigenvalue weighted by Crippen LogP contribution is 2.26. The minimum absolute atomic E-state index is 0.0717. The molecule has 0 amide bonds. The van der Waals surface area contributed by atoms with E-state index in [-0.39, 0.29) is 11.7 Å². The van der Waals surface area contributed by atoms with Gasteiger partial charge in [-0.15, -0.1) is 0 Å². The van der Waals surface area contributed by atoms with Gasteiger partial charge in [-0.1, -0.05) is 26.0 Å². The van der Waals surface area contributed by atoms with Crippen LogP contribution in [0.2, 0.25) is 0 Å². The van der Waals surface area contributed by atoms with Crippen LogP contribution in [-0.2, 0) is 17.8 Å². The molecule has 0 bridgehead atoms. The van der Waals surface area contributed by atoms with Crippen molar-refractivity contribution >= 4 is 33.2 Å². The van der Waals surface area contributed by atoms with Gasteiger partial charge in [0, 0.05) is 13.2 Å². The topological polar surface area (TPSA) is 74.8 Å². The van der Waals surface area contributed by atoms with Crippen LogP contribution in [0.5, 0.6) is 0 Å². The third-order valence-electron chi connectivity index (χ3n) is 5.29. The molecule has 1 atom stereocenters. The fraction of sp³-hybridized carbons (Fsp3) is 0.429. The summed E-state index contributed by atoms with van der Waals surface area (Å²) in [7, 11) is 0. The van der Waals surface area contributed by atoms with Crippen molar-refractivity contribution in [1.82, 2.24) is 24.1 Å². The molecule has 4 aromatic rings. The Morgan fingerprint density at radius 1 is 1.18 bits per heavy atom. The van der Waals surface area contributed by atoms with Gasteiger partial charge in [0.05, 0.1) is 30.0 Å². The van der Waals surface area contributed by atoms with Gasteiger partial charge >= 0.3 is 0 Å². The first-order valence-electron chi connectivity index (χ1n) is 9.87. The Hall–Kier alpha value is -2.80. The number of fused-ring (bicyclic) bond motifs is 4. The summed E-state index contributed by atoms with van der Waals surface area (Å²) in [5, 5.41) is 0.550. The zero-order chi connectivity index (χ0) is 19.3. The number of hydrogen-bond acceptors (Lipinski definition) is 5. The maximum atomic E-state index is 13.4. The number of aromatic nitrogens is 5. The van der Waals surface area contributed by atoms with E-state index in [2.05, 4.69) is 18.8 Å². The molecule has 3 aromatic heterocycles. The smallest absolute Gasteiger partial charge is 0.265 e. The van der Waals surface area contributed by atoms with Crippen LogP contribution in [0, 0.1) is 5.92 Å². The van der Waals surface area contributed by atoms with Crippen LogP contribution < -0.4 is 5.56 Å². The molecule has 1 unspecified atom stereocenters. The van der Waals surface area contributed by atoms with E-state index < -0.39 is 0 Å². The summed E-state index contributed by atoms with van der Waals surface area (Å²) in [5.41, 5.74) is 3.55. The fourth-order valence-corrected chi connectivity index (χ4v) is 4.02. The molecule has 1 aliphatic heterocycles. The summed E-state index contributed by atoms with van der Waals surface area (Å²) in [5.74, 6) is 0.392. The van der Waals surface area contributed by atoms with E-state index in [1.807, 2.05) is 28.8 Å². The van der Waals surface area contributed by atoms with Crippen molar-refractivity contribution in [2.24, 2.45) is 5.92 Å². The van der Waals surface area contributed by atoms with Crippen molar-refractivity contribution in [3.05, 3.63) is 40.9 Å². The van der Waals surface area contributed by atoms with Crippen molar-refractivity contribution in [2.45, 2.75) is 45.9 Å². The number of ether oxygens (including phenoxy) is 1. The highest BCUT2D eigenvalue weighted by Gasteiger charge is 2.22. The first kappa shape index (κ1) is 17.3. The van der Waals surface area contributed by atoms with Crippen LogP contribution in [0.3, 0.4) is 0 Å². The van der Waals surface area contributed by atoms with Gasteiger partial charge in [-0.3, -0.25) is 9.36 Å². The second-order valence-corrected chi connectivity index (χ2v) is 7.92. The van der Waals surface area contributed by atoms with E-state index in [9.17, 15) is 4.79 Å². The number of hydrogen-bond donors (Lipinski definition) is 0. The van der Waals surface area contributed by atoms with Crippen LogP contribution in [0.1, 0.15) is 26.7 Å². The van der Waals surface area contributed by atoms with Crippen LogP contribution in [0.15, 0.2) is 35.4 Å². The molecule has 7 heteroatoms. The first-order chi connectivity index (χ1) is 13.6. The van der Waals surface area contributed by atoms with Crippen LogP contribution >= 0.6 is 0 Å². The van der Waals surface area contributed by atoms with E-state index in [1.54, 1.807) is 10.9 Å². The van der Waals surface area contributed by atoms with E-state index >= 15 is 0 Å². The van der Waals surface area contributed by atoms with E-state index in [0.717, 1.165) is 42.7 Å². The van der Waals surface area contributed by atoms with Crippen molar-refractivity contribution in [3.63, 3.8) is 0 Å². The van der Waals surface area contributed by atoms with Gasteiger partial charge in [0.2, 0.25) is 0 Å². The lowest BCUT2D eigenvalue weighted by molar-refractivity contribution is 0.0960. The van der Waals surface area contributed by atoms with Crippen molar-refractivity contribution in [1.29, 1.82) is 0 Å². The lowest BCUT2D eigenvalue weighted by atomic mass is 10.2. The summed E-state index contributed by atoms with van der Waals surface area (Å²) in [6.45, 7) is 6.31. The molecule has 0 aliphatic carbocycles. The quantitative estimate of drug-likeness (QED) is 0.546. The molecule has 0 saturated carbocycles. The minimum Gasteiger partial charge on any atom is -0.376 e. The van der Waals surface area contributed by atoms with Gasteiger partial charge in [0.15, 0.2) is 11.3 Å². The van der Waals surface area contributed by atoms with Gasteiger partial charge < -0.3 is 9.30 Å². The van der Waals surface area contributed by atoms with Gasteiger partial charge in [-0.25, -0.2) is 15.0 Å². The second-order valence-electron chi connectivity index (χ2n) is 7.92. The summed E-state index contributed by atoms with van der Waals surface area (Å²) in [4.78, 5) is 27.6. The predicted molar refractivity (Wildman–Crippen MR) is 108 cm³/mol. The summed E-state index contributed by atoms with van der Waals surface area (Å²) in [6.07, 6.45) is 3.74. The maximum absolute atomic E-state index is 13.4. The monoisotopic (exact) mass is 377 g/mol. The van der Waals surface area contributed by atoms with Gasteiger partial charge in [-0.2, -0.15) is 0 Å². The standard InChI is InChI=1S/C21H23N5O2/c1-13(2)10-26-19-17(18-20(26)24-16-8-4-3-7-15(16)23-18)21(27)25(12-22-19)11-14-6-5-9-28-14/h3-4,7-8,12-14H,5-6,9-11H2,1-2H3. The Bertz CT molecular complexity index is 1230. The highest BCUT2D eigenvalue weighted by molar-refractivity contribution is 6.04.